The minimum Gasteiger partial charge on any atom is -0.497 e. The molecule has 0 atom stereocenters. The fourth-order valence-corrected chi connectivity index (χ4v) is 3.48. The Morgan fingerprint density at radius 2 is 1.96 bits per heavy atom. The summed E-state index contributed by atoms with van der Waals surface area (Å²) in [4.78, 5) is 29.2. The zero-order valence-electron chi connectivity index (χ0n) is 14.5. The average Bonchev–Trinajstić information content (AvgIpc) is 2.96. The molecule has 0 radical (unpaired) electrons. The van der Waals surface area contributed by atoms with Gasteiger partial charge in [-0.15, -0.1) is 0 Å². The first-order valence-electron chi connectivity index (χ1n) is 7.74. The minimum absolute atomic E-state index is 0.237. The van der Waals surface area contributed by atoms with E-state index in [9.17, 15) is 9.59 Å². The Balaban J connectivity index is 1.82. The second-order valence-corrected chi connectivity index (χ2v) is 6.98. The number of methoxy groups -OCH3 is 2. The third-order valence-corrected chi connectivity index (χ3v) is 4.98. The Labute approximate surface area is 165 Å². The van der Waals surface area contributed by atoms with Crippen LogP contribution in [-0.2, 0) is 4.79 Å². The molecular weight excluding hydrogens is 386 g/mol. The molecule has 0 unspecified atom stereocenters. The van der Waals surface area contributed by atoms with Gasteiger partial charge in [0.25, 0.3) is 11.8 Å². The van der Waals surface area contributed by atoms with Gasteiger partial charge >= 0.3 is 0 Å². The highest BCUT2D eigenvalue weighted by atomic mass is 32.2. The smallest absolute Gasteiger partial charge is 0.285 e. The lowest BCUT2D eigenvalue weighted by Crippen LogP contribution is -2.44. The largest absolute Gasteiger partial charge is 0.497 e. The van der Waals surface area contributed by atoms with Crippen LogP contribution in [0, 0.1) is 0 Å². The number of hydrazine groups is 1. The summed E-state index contributed by atoms with van der Waals surface area (Å²) >= 11 is 6.33. The molecule has 2 amide bonds. The molecule has 1 aliphatic heterocycles. The summed E-state index contributed by atoms with van der Waals surface area (Å²) in [6.45, 7) is 0. The average molecular weight is 401 g/mol. The van der Waals surface area contributed by atoms with Crippen LogP contribution in [0.25, 0.3) is 6.08 Å². The zero-order valence-corrected chi connectivity index (χ0v) is 16.1. The predicted molar refractivity (Wildman–Crippen MR) is 106 cm³/mol. The van der Waals surface area contributed by atoms with Gasteiger partial charge < -0.3 is 9.47 Å². The van der Waals surface area contributed by atoms with Crippen LogP contribution in [0.1, 0.15) is 15.9 Å². The highest BCUT2D eigenvalue weighted by Gasteiger charge is 2.34. The molecule has 2 aromatic rings. The second kappa shape index (κ2) is 8.19. The molecule has 0 spiro atoms. The van der Waals surface area contributed by atoms with Crippen molar-refractivity contribution in [2.45, 2.75) is 0 Å². The van der Waals surface area contributed by atoms with Gasteiger partial charge in [0.15, 0.2) is 4.32 Å². The number of pyridine rings is 1. The number of hydrogen-bond donors (Lipinski definition) is 1. The Kier molecular flexibility index (Phi) is 5.72. The number of carbonyl (C=O) groups is 2. The van der Waals surface area contributed by atoms with Crippen LogP contribution in [-0.4, -0.2) is 40.3 Å². The highest BCUT2D eigenvalue weighted by Crippen LogP contribution is 2.34. The highest BCUT2D eigenvalue weighted by molar-refractivity contribution is 8.26. The summed E-state index contributed by atoms with van der Waals surface area (Å²) in [7, 11) is 3.09. The Morgan fingerprint density at radius 3 is 2.63 bits per heavy atom. The molecule has 1 aliphatic rings. The SMILES string of the molecule is COc1ccc(/C=C2\SC(=S)N(NC(=O)c3ccncc3)C2=O)c(OC)c1. The van der Waals surface area contributed by atoms with Gasteiger partial charge in [0.05, 0.1) is 19.1 Å². The van der Waals surface area contributed by atoms with E-state index < -0.39 is 11.8 Å². The van der Waals surface area contributed by atoms with E-state index in [0.717, 1.165) is 16.8 Å². The first kappa shape index (κ1) is 18.9. The van der Waals surface area contributed by atoms with Gasteiger partial charge in [-0.05, 0) is 42.6 Å². The Morgan fingerprint density at radius 1 is 1.22 bits per heavy atom. The minimum atomic E-state index is -0.447. The van der Waals surface area contributed by atoms with Gasteiger partial charge in [-0.1, -0.05) is 11.8 Å². The molecule has 2 heterocycles. The van der Waals surface area contributed by atoms with Crippen molar-refractivity contribution in [2.24, 2.45) is 0 Å². The van der Waals surface area contributed by atoms with E-state index in [0.29, 0.717) is 27.5 Å². The molecule has 3 rings (SSSR count). The van der Waals surface area contributed by atoms with E-state index in [-0.39, 0.29) is 4.32 Å². The van der Waals surface area contributed by atoms with Crippen LogP contribution >= 0.6 is 24.0 Å². The van der Waals surface area contributed by atoms with Gasteiger partial charge in [-0.3, -0.25) is 20.0 Å². The summed E-state index contributed by atoms with van der Waals surface area (Å²) in [5.74, 6) is 0.337. The molecular formula is C18H15N3O4S2. The van der Waals surface area contributed by atoms with Crippen LogP contribution in [0.2, 0.25) is 0 Å². The molecule has 9 heteroatoms. The van der Waals surface area contributed by atoms with E-state index in [1.807, 2.05) is 0 Å². The zero-order chi connectivity index (χ0) is 19.4. The van der Waals surface area contributed by atoms with Crippen molar-refractivity contribution in [1.82, 2.24) is 15.4 Å². The van der Waals surface area contributed by atoms with Gasteiger partial charge in [0.1, 0.15) is 11.5 Å². The number of aromatic nitrogens is 1. The van der Waals surface area contributed by atoms with E-state index in [1.165, 1.54) is 19.5 Å². The lowest BCUT2D eigenvalue weighted by molar-refractivity contribution is -0.123. The maximum Gasteiger partial charge on any atom is 0.285 e. The van der Waals surface area contributed by atoms with Crippen LogP contribution in [0.4, 0.5) is 0 Å². The topological polar surface area (TPSA) is 80.8 Å². The molecule has 7 nitrogen and oxygen atoms in total. The summed E-state index contributed by atoms with van der Waals surface area (Å²) < 4.78 is 10.7. The number of amides is 2. The van der Waals surface area contributed by atoms with Crippen molar-refractivity contribution in [1.29, 1.82) is 0 Å². The Bertz CT molecular complexity index is 931. The third-order valence-electron chi connectivity index (χ3n) is 3.68. The molecule has 1 aromatic heterocycles. The fourth-order valence-electron chi connectivity index (χ4n) is 2.31. The number of rotatable bonds is 5. The second-order valence-electron chi connectivity index (χ2n) is 5.30. The van der Waals surface area contributed by atoms with Crippen molar-refractivity contribution >= 4 is 46.2 Å². The van der Waals surface area contributed by atoms with E-state index >= 15 is 0 Å². The molecule has 1 saturated heterocycles. The van der Waals surface area contributed by atoms with Crippen molar-refractivity contribution in [3.63, 3.8) is 0 Å². The molecule has 1 aromatic carbocycles. The molecule has 27 heavy (non-hydrogen) atoms. The number of nitrogens with zero attached hydrogens (tertiary/aromatic N) is 2. The van der Waals surface area contributed by atoms with Gasteiger partial charge in [-0.2, -0.15) is 5.01 Å². The van der Waals surface area contributed by atoms with E-state index in [4.69, 9.17) is 21.7 Å². The van der Waals surface area contributed by atoms with Crippen molar-refractivity contribution in [2.75, 3.05) is 14.2 Å². The molecule has 0 aliphatic carbocycles. The van der Waals surface area contributed by atoms with Crippen LogP contribution < -0.4 is 14.9 Å². The van der Waals surface area contributed by atoms with Gasteiger partial charge in [-0.25, -0.2) is 0 Å². The maximum absolute atomic E-state index is 12.7. The normalized spacial score (nSPS) is 15.2. The summed E-state index contributed by atoms with van der Waals surface area (Å²) in [5, 5.41) is 1.06. The van der Waals surface area contributed by atoms with Crippen molar-refractivity contribution < 1.29 is 19.1 Å². The quantitative estimate of drug-likeness (QED) is 0.609. The predicted octanol–water partition coefficient (Wildman–Crippen LogP) is 2.65. The number of ether oxygens (including phenoxy) is 2. The number of hydrogen-bond acceptors (Lipinski definition) is 7. The summed E-state index contributed by atoms with van der Waals surface area (Å²) in [5.41, 5.74) is 3.59. The Hall–Kier alpha value is -2.91. The van der Waals surface area contributed by atoms with Crippen molar-refractivity contribution in [3.8, 4) is 11.5 Å². The molecule has 138 valence electrons. The number of nitrogens with one attached hydrogen (secondary N) is 1. The van der Waals surface area contributed by atoms with Crippen molar-refractivity contribution in [3.05, 3.63) is 58.8 Å². The number of thioether (sulfide) groups is 1. The van der Waals surface area contributed by atoms with Crippen LogP contribution in [0.3, 0.4) is 0 Å². The molecule has 1 N–H and O–H groups in total. The number of carbonyl (C=O) groups excluding carboxylic acids is 2. The number of benzene rings is 1. The van der Waals surface area contributed by atoms with E-state index in [1.54, 1.807) is 43.5 Å². The van der Waals surface area contributed by atoms with Gasteiger partial charge in [0, 0.05) is 29.6 Å². The van der Waals surface area contributed by atoms with Crippen LogP contribution in [0.5, 0.6) is 11.5 Å². The lowest BCUT2D eigenvalue weighted by Gasteiger charge is -2.15. The summed E-state index contributed by atoms with van der Waals surface area (Å²) in [6.07, 6.45) is 4.65. The maximum atomic E-state index is 12.7. The van der Waals surface area contributed by atoms with E-state index in [2.05, 4.69) is 10.4 Å². The monoisotopic (exact) mass is 401 g/mol. The standard InChI is InChI=1S/C18H15N3O4S2/c1-24-13-4-3-12(14(10-13)25-2)9-15-17(23)21(18(26)27-15)20-16(22)11-5-7-19-8-6-11/h3-10H,1-2H3,(H,20,22)/b15-9-. The van der Waals surface area contributed by atoms with Crippen LogP contribution in [0.15, 0.2) is 47.6 Å². The fraction of sp³-hybridized carbons (Fsp3) is 0.111. The molecule has 0 saturated carbocycles. The third kappa shape index (κ3) is 4.09. The lowest BCUT2D eigenvalue weighted by atomic mass is 10.1. The summed E-state index contributed by atoms with van der Waals surface area (Å²) in [6, 6.07) is 8.36. The molecule has 1 fully saturated rings. The first-order chi connectivity index (χ1) is 13.0. The van der Waals surface area contributed by atoms with Gasteiger partial charge in [0.2, 0.25) is 0 Å². The molecule has 0 bridgehead atoms. The number of thiocarbonyl (C=S) groups is 1. The first-order valence-corrected chi connectivity index (χ1v) is 8.97.